The molecule has 0 aliphatic rings. The number of aryl methyl sites for hydroxylation is 1. The van der Waals surface area contributed by atoms with E-state index in [2.05, 4.69) is 27.3 Å². The maximum atomic E-state index is 5.48. The first-order valence-corrected chi connectivity index (χ1v) is 10.5. The second-order valence-electron chi connectivity index (χ2n) is 7.42. The molecule has 2 aromatic carbocycles. The number of ether oxygens (including phenoxy) is 2. The maximum absolute atomic E-state index is 5.48. The number of hydrazone groups is 1. The van der Waals surface area contributed by atoms with Gasteiger partial charge in [-0.3, -0.25) is 9.67 Å². The van der Waals surface area contributed by atoms with E-state index in [4.69, 9.17) is 20.3 Å². The number of benzene rings is 2. The first-order chi connectivity index (χ1) is 16.5. The fourth-order valence-electron chi connectivity index (χ4n) is 3.53. The molecule has 0 spiro atoms. The monoisotopic (exact) mass is 458 g/mol. The Morgan fingerprint density at radius 1 is 1.12 bits per heavy atom. The number of fused-ring (bicyclic) bond motifs is 1. The molecule has 0 unspecified atom stereocenters. The van der Waals surface area contributed by atoms with Gasteiger partial charge in [-0.1, -0.05) is 6.58 Å². The molecule has 2 aromatic heterocycles. The molecule has 10 heteroatoms. The van der Waals surface area contributed by atoms with Crippen LogP contribution in [0.25, 0.3) is 22.3 Å². The zero-order valence-corrected chi connectivity index (χ0v) is 19.3. The molecular weight excluding hydrogens is 432 g/mol. The van der Waals surface area contributed by atoms with Gasteiger partial charge in [-0.25, -0.2) is 16.4 Å². The highest BCUT2D eigenvalue weighted by Crippen LogP contribution is 2.34. The maximum Gasteiger partial charge on any atom is 0.124 e. The standard InChI is InChI=1S/C24H26N8O2/c1-5-17(29-30-25)15-32(19-8-20(33-3)11-21(9-19)34-4)18-6-7-22-23(10-18)28-24(13-26-22)16-12-27-31(2)14-16/h5-14,30H,1,15,25H2,2-4H3/b29-17+. The molecule has 0 aliphatic carbocycles. The third-order valence-corrected chi connectivity index (χ3v) is 5.25. The normalized spacial score (nSPS) is 11.4. The minimum Gasteiger partial charge on any atom is -0.497 e. The van der Waals surface area contributed by atoms with Crippen molar-refractivity contribution >= 4 is 28.1 Å². The third kappa shape index (κ3) is 4.81. The molecule has 0 bridgehead atoms. The number of hydrazine groups is 1. The largest absolute Gasteiger partial charge is 0.497 e. The van der Waals surface area contributed by atoms with Gasteiger partial charge in [0.2, 0.25) is 0 Å². The summed E-state index contributed by atoms with van der Waals surface area (Å²) in [5.74, 6) is 6.75. The average Bonchev–Trinajstić information content (AvgIpc) is 3.31. The number of hydrogen-bond acceptors (Lipinski definition) is 9. The fraction of sp³-hybridized carbons (Fsp3) is 0.167. The molecule has 0 fully saturated rings. The second kappa shape index (κ2) is 10.0. The zero-order valence-electron chi connectivity index (χ0n) is 19.3. The Labute approximate surface area is 197 Å². The third-order valence-electron chi connectivity index (χ3n) is 5.25. The van der Waals surface area contributed by atoms with Crippen molar-refractivity contribution in [2.75, 3.05) is 25.7 Å². The van der Waals surface area contributed by atoms with E-state index in [0.717, 1.165) is 33.7 Å². The lowest BCUT2D eigenvalue weighted by molar-refractivity contribution is 0.394. The van der Waals surface area contributed by atoms with Crippen LogP contribution in [-0.4, -0.2) is 46.2 Å². The Balaban J connectivity index is 1.83. The summed E-state index contributed by atoms with van der Waals surface area (Å²) in [6, 6.07) is 11.5. The summed E-state index contributed by atoms with van der Waals surface area (Å²) in [6.45, 7) is 4.23. The Bertz CT molecular complexity index is 1330. The number of methoxy groups -OCH3 is 2. The summed E-state index contributed by atoms with van der Waals surface area (Å²) in [5.41, 5.74) is 7.84. The lowest BCUT2D eigenvalue weighted by Gasteiger charge is -2.26. The van der Waals surface area contributed by atoms with Gasteiger partial charge in [-0.15, -0.1) is 0 Å². The molecule has 4 rings (SSSR count). The van der Waals surface area contributed by atoms with Crippen LogP contribution in [-0.2, 0) is 7.05 Å². The van der Waals surface area contributed by atoms with Crippen molar-refractivity contribution < 1.29 is 9.47 Å². The van der Waals surface area contributed by atoms with Crippen LogP contribution in [0.5, 0.6) is 11.5 Å². The van der Waals surface area contributed by atoms with E-state index >= 15 is 0 Å². The summed E-state index contributed by atoms with van der Waals surface area (Å²) in [7, 11) is 5.10. The summed E-state index contributed by atoms with van der Waals surface area (Å²) in [6.07, 6.45) is 7.06. The van der Waals surface area contributed by atoms with Crippen molar-refractivity contribution in [1.29, 1.82) is 0 Å². The number of nitrogens with two attached hydrogens (primary N) is 1. The van der Waals surface area contributed by atoms with Gasteiger partial charge in [-0.05, 0) is 24.3 Å². The van der Waals surface area contributed by atoms with Gasteiger partial charge < -0.3 is 14.4 Å². The van der Waals surface area contributed by atoms with Gasteiger partial charge in [0.1, 0.15) is 11.5 Å². The Hall–Kier alpha value is -4.44. The smallest absolute Gasteiger partial charge is 0.124 e. The number of aromatic nitrogens is 4. The van der Waals surface area contributed by atoms with Crippen molar-refractivity contribution in [3.63, 3.8) is 0 Å². The topological polar surface area (TPSA) is 116 Å². The molecule has 4 aromatic rings. The summed E-state index contributed by atoms with van der Waals surface area (Å²) in [4.78, 5) is 11.4. The van der Waals surface area contributed by atoms with Crippen LogP contribution in [0.1, 0.15) is 0 Å². The van der Waals surface area contributed by atoms with Crippen molar-refractivity contribution in [1.82, 2.24) is 25.3 Å². The predicted octanol–water partition coefficient (Wildman–Crippen LogP) is 3.19. The molecule has 0 radical (unpaired) electrons. The Kier molecular flexibility index (Phi) is 6.69. The van der Waals surface area contributed by atoms with Crippen molar-refractivity contribution in [3.8, 4) is 22.8 Å². The molecule has 0 amide bonds. The van der Waals surface area contributed by atoms with Crippen LogP contribution in [0, 0.1) is 0 Å². The van der Waals surface area contributed by atoms with Crippen LogP contribution in [0.15, 0.2) is 72.7 Å². The molecule has 3 N–H and O–H groups in total. The molecule has 0 saturated heterocycles. The van der Waals surface area contributed by atoms with Gasteiger partial charge in [0.25, 0.3) is 0 Å². The first kappa shape index (κ1) is 22.7. The number of nitrogens with zero attached hydrogens (tertiary/aromatic N) is 6. The molecule has 0 saturated carbocycles. The van der Waals surface area contributed by atoms with Crippen LogP contribution >= 0.6 is 0 Å². The van der Waals surface area contributed by atoms with Gasteiger partial charge in [-0.2, -0.15) is 10.2 Å². The highest BCUT2D eigenvalue weighted by molar-refractivity contribution is 5.99. The van der Waals surface area contributed by atoms with Crippen molar-refractivity contribution in [2.45, 2.75) is 0 Å². The van der Waals surface area contributed by atoms with E-state index < -0.39 is 0 Å². The van der Waals surface area contributed by atoms with E-state index in [1.165, 1.54) is 0 Å². The van der Waals surface area contributed by atoms with Gasteiger partial charge in [0, 0.05) is 48.4 Å². The molecule has 0 atom stereocenters. The molecule has 2 heterocycles. The first-order valence-electron chi connectivity index (χ1n) is 10.5. The van der Waals surface area contributed by atoms with Crippen LogP contribution in [0.2, 0.25) is 0 Å². The summed E-state index contributed by atoms with van der Waals surface area (Å²) in [5, 5.41) is 8.35. The summed E-state index contributed by atoms with van der Waals surface area (Å²) >= 11 is 0. The average molecular weight is 459 g/mol. The highest BCUT2D eigenvalue weighted by Gasteiger charge is 2.16. The van der Waals surface area contributed by atoms with Crippen LogP contribution < -0.4 is 25.8 Å². The Morgan fingerprint density at radius 2 is 1.88 bits per heavy atom. The van der Waals surface area contributed by atoms with E-state index in [9.17, 15) is 0 Å². The zero-order chi connectivity index (χ0) is 24.1. The van der Waals surface area contributed by atoms with Crippen molar-refractivity contribution in [2.24, 2.45) is 18.0 Å². The van der Waals surface area contributed by atoms with Crippen LogP contribution in [0.3, 0.4) is 0 Å². The van der Waals surface area contributed by atoms with Gasteiger partial charge in [0.05, 0.1) is 55.6 Å². The minimum absolute atomic E-state index is 0.380. The second-order valence-corrected chi connectivity index (χ2v) is 7.42. The van der Waals surface area contributed by atoms with E-state index in [0.29, 0.717) is 23.8 Å². The fourth-order valence-corrected chi connectivity index (χ4v) is 3.53. The molecule has 174 valence electrons. The van der Waals surface area contributed by atoms with Gasteiger partial charge in [0.15, 0.2) is 0 Å². The molecule has 0 aliphatic heterocycles. The SMILES string of the molecule is C=C/C(CN(c1cc(OC)cc(OC)c1)c1ccc2ncc(-c3cnn(C)c3)nc2c1)=N\NN. The number of anilines is 2. The molecule has 10 nitrogen and oxygen atoms in total. The van der Waals surface area contributed by atoms with E-state index in [-0.39, 0.29) is 0 Å². The molecular formula is C24H26N8O2. The van der Waals surface area contributed by atoms with Crippen LogP contribution in [0.4, 0.5) is 11.4 Å². The minimum atomic E-state index is 0.380. The number of nitrogens with one attached hydrogen (secondary N) is 1. The Morgan fingerprint density at radius 3 is 2.50 bits per heavy atom. The molecule has 34 heavy (non-hydrogen) atoms. The quantitative estimate of drug-likeness (QED) is 0.223. The number of hydrogen-bond donors (Lipinski definition) is 2. The van der Waals surface area contributed by atoms with E-state index in [1.54, 1.807) is 37.4 Å². The lowest BCUT2D eigenvalue weighted by atomic mass is 10.1. The summed E-state index contributed by atoms with van der Waals surface area (Å²) < 4.78 is 12.7. The van der Waals surface area contributed by atoms with Crippen molar-refractivity contribution in [3.05, 3.63) is 67.6 Å². The lowest BCUT2D eigenvalue weighted by Crippen LogP contribution is -2.27. The predicted molar refractivity (Wildman–Crippen MR) is 133 cm³/mol. The number of rotatable bonds is 9. The van der Waals surface area contributed by atoms with E-state index in [1.807, 2.05) is 54.5 Å². The van der Waals surface area contributed by atoms with Gasteiger partial charge >= 0.3 is 0 Å². The highest BCUT2D eigenvalue weighted by atomic mass is 16.5.